The zero-order valence-electron chi connectivity index (χ0n) is 13.3. The number of hydrogen-bond donors (Lipinski definition) is 0. The van der Waals surface area contributed by atoms with E-state index in [-0.39, 0.29) is 18.3 Å². The first-order chi connectivity index (χ1) is 11.2. The molecule has 0 amide bonds. The maximum Gasteiger partial charge on any atom is 0.312 e. The molecular weight excluding hydrogens is 296 g/mol. The van der Waals surface area contributed by atoms with Gasteiger partial charge in [0.05, 0.1) is 27.8 Å². The van der Waals surface area contributed by atoms with Crippen LogP contribution in [0, 0.1) is 0 Å². The van der Waals surface area contributed by atoms with Crippen LogP contribution in [-0.2, 0) is 4.79 Å². The number of hydrogen-bond acceptors (Lipinski definition) is 5. The summed E-state index contributed by atoms with van der Waals surface area (Å²) >= 11 is 0. The van der Waals surface area contributed by atoms with Crippen LogP contribution in [0.5, 0.6) is 23.0 Å². The number of methoxy groups -OCH3 is 3. The van der Waals surface area contributed by atoms with Crippen molar-refractivity contribution >= 4 is 5.97 Å². The van der Waals surface area contributed by atoms with Crippen LogP contribution in [0.3, 0.4) is 0 Å². The molecule has 2 aromatic rings. The number of benzene rings is 2. The molecule has 23 heavy (non-hydrogen) atoms. The Morgan fingerprint density at radius 1 is 0.913 bits per heavy atom. The Balaban J connectivity index is 2.09. The van der Waals surface area contributed by atoms with E-state index in [1.807, 2.05) is 30.3 Å². The Morgan fingerprint density at radius 2 is 1.57 bits per heavy atom. The first-order valence-electron chi connectivity index (χ1n) is 7.26. The van der Waals surface area contributed by atoms with Crippen molar-refractivity contribution in [2.75, 3.05) is 21.3 Å². The predicted octanol–water partition coefficient (Wildman–Crippen LogP) is 3.15. The SMILES string of the molecule is COc1ccc(C2CC(=O)Oc3cc(OC)ccc32)c(OC)c1. The molecule has 0 radical (unpaired) electrons. The van der Waals surface area contributed by atoms with Gasteiger partial charge in [-0.2, -0.15) is 0 Å². The largest absolute Gasteiger partial charge is 0.497 e. The highest BCUT2D eigenvalue weighted by Crippen LogP contribution is 2.43. The number of esters is 1. The third-order valence-corrected chi connectivity index (χ3v) is 4.01. The van der Waals surface area contributed by atoms with Gasteiger partial charge in [-0.1, -0.05) is 12.1 Å². The van der Waals surface area contributed by atoms with Gasteiger partial charge in [-0.05, 0) is 12.1 Å². The number of fused-ring (bicyclic) bond motifs is 1. The van der Waals surface area contributed by atoms with Gasteiger partial charge in [0.1, 0.15) is 23.0 Å². The molecule has 0 N–H and O–H groups in total. The Morgan fingerprint density at radius 3 is 2.22 bits per heavy atom. The minimum absolute atomic E-state index is 0.127. The minimum Gasteiger partial charge on any atom is -0.497 e. The summed E-state index contributed by atoms with van der Waals surface area (Å²) in [6.07, 6.45) is 0.266. The Kier molecular flexibility index (Phi) is 4.10. The summed E-state index contributed by atoms with van der Waals surface area (Å²) in [6, 6.07) is 11.1. The number of carbonyl (C=O) groups is 1. The highest BCUT2D eigenvalue weighted by molar-refractivity contribution is 5.78. The molecule has 120 valence electrons. The van der Waals surface area contributed by atoms with Gasteiger partial charge in [-0.15, -0.1) is 0 Å². The molecule has 1 atom stereocenters. The van der Waals surface area contributed by atoms with Gasteiger partial charge >= 0.3 is 5.97 Å². The Labute approximate surface area is 134 Å². The van der Waals surface area contributed by atoms with Crippen LogP contribution in [0.15, 0.2) is 36.4 Å². The van der Waals surface area contributed by atoms with Crippen molar-refractivity contribution in [3.8, 4) is 23.0 Å². The molecule has 0 bridgehead atoms. The molecule has 1 aliphatic heterocycles. The molecule has 0 aromatic heterocycles. The van der Waals surface area contributed by atoms with Crippen molar-refractivity contribution in [2.24, 2.45) is 0 Å². The third kappa shape index (κ3) is 2.82. The Hall–Kier alpha value is -2.69. The van der Waals surface area contributed by atoms with E-state index in [1.165, 1.54) is 0 Å². The van der Waals surface area contributed by atoms with Gasteiger partial charge in [-0.25, -0.2) is 0 Å². The van der Waals surface area contributed by atoms with Crippen molar-refractivity contribution in [3.63, 3.8) is 0 Å². The molecule has 0 aliphatic carbocycles. The second-order valence-corrected chi connectivity index (χ2v) is 5.24. The molecule has 0 fully saturated rings. The second kappa shape index (κ2) is 6.20. The summed E-state index contributed by atoms with van der Waals surface area (Å²) in [7, 11) is 4.79. The first kappa shape index (κ1) is 15.2. The summed E-state index contributed by atoms with van der Waals surface area (Å²) in [5.74, 6) is 2.18. The summed E-state index contributed by atoms with van der Waals surface area (Å²) in [5, 5.41) is 0. The lowest BCUT2D eigenvalue weighted by atomic mass is 9.85. The van der Waals surface area contributed by atoms with Gasteiger partial charge in [0.2, 0.25) is 0 Å². The van der Waals surface area contributed by atoms with E-state index in [4.69, 9.17) is 18.9 Å². The van der Waals surface area contributed by atoms with E-state index < -0.39 is 0 Å². The maximum atomic E-state index is 12.0. The van der Waals surface area contributed by atoms with E-state index in [0.29, 0.717) is 23.0 Å². The summed E-state index contributed by atoms with van der Waals surface area (Å²) < 4.78 is 21.3. The second-order valence-electron chi connectivity index (χ2n) is 5.24. The van der Waals surface area contributed by atoms with Crippen molar-refractivity contribution in [2.45, 2.75) is 12.3 Å². The van der Waals surface area contributed by atoms with Gasteiger partial charge < -0.3 is 18.9 Å². The van der Waals surface area contributed by atoms with Crippen LogP contribution in [0.4, 0.5) is 0 Å². The van der Waals surface area contributed by atoms with Crippen LogP contribution in [-0.4, -0.2) is 27.3 Å². The van der Waals surface area contributed by atoms with Crippen LogP contribution in [0.1, 0.15) is 23.5 Å². The fourth-order valence-corrected chi connectivity index (χ4v) is 2.84. The topological polar surface area (TPSA) is 54.0 Å². The third-order valence-electron chi connectivity index (χ3n) is 4.01. The van der Waals surface area contributed by atoms with Crippen molar-refractivity contribution in [1.29, 1.82) is 0 Å². The fraction of sp³-hybridized carbons (Fsp3) is 0.278. The lowest BCUT2D eigenvalue weighted by molar-refractivity contribution is -0.135. The standard InChI is InChI=1S/C18H18O5/c1-20-11-4-6-13(16(8-11)22-3)15-10-18(19)23-17-9-12(21-2)5-7-14(15)17/h4-9,15H,10H2,1-3H3. The molecule has 3 rings (SSSR count). The molecule has 1 unspecified atom stereocenters. The number of carbonyl (C=O) groups excluding carboxylic acids is 1. The van der Waals surface area contributed by atoms with E-state index in [9.17, 15) is 4.79 Å². The molecule has 5 nitrogen and oxygen atoms in total. The number of rotatable bonds is 4. The maximum absolute atomic E-state index is 12.0. The minimum atomic E-state index is -0.270. The lowest BCUT2D eigenvalue weighted by Crippen LogP contribution is -2.21. The molecule has 5 heteroatoms. The van der Waals surface area contributed by atoms with Crippen LogP contribution < -0.4 is 18.9 Å². The van der Waals surface area contributed by atoms with Gasteiger partial charge in [-0.3, -0.25) is 4.79 Å². The normalized spacial score (nSPS) is 16.3. The zero-order chi connectivity index (χ0) is 16.4. The van der Waals surface area contributed by atoms with Crippen molar-refractivity contribution in [3.05, 3.63) is 47.5 Å². The lowest BCUT2D eigenvalue weighted by Gasteiger charge is -2.26. The average molecular weight is 314 g/mol. The smallest absolute Gasteiger partial charge is 0.312 e. The summed E-state index contributed by atoms with van der Waals surface area (Å²) in [5.41, 5.74) is 1.87. The summed E-state index contributed by atoms with van der Waals surface area (Å²) in [4.78, 5) is 12.0. The predicted molar refractivity (Wildman–Crippen MR) is 84.6 cm³/mol. The molecule has 2 aromatic carbocycles. The molecule has 1 aliphatic rings. The molecular formula is C18H18O5. The van der Waals surface area contributed by atoms with E-state index >= 15 is 0 Å². The first-order valence-corrected chi connectivity index (χ1v) is 7.26. The van der Waals surface area contributed by atoms with E-state index in [0.717, 1.165) is 11.1 Å². The van der Waals surface area contributed by atoms with Gasteiger partial charge in [0, 0.05) is 29.2 Å². The fourth-order valence-electron chi connectivity index (χ4n) is 2.84. The number of ether oxygens (including phenoxy) is 4. The van der Waals surface area contributed by atoms with Crippen LogP contribution in [0.2, 0.25) is 0 Å². The van der Waals surface area contributed by atoms with Crippen molar-refractivity contribution < 1.29 is 23.7 Å². The highest BCUT2D eigenvalue weighted by atomic mass is 16.5. The zero-order valence-corrected chi connectivity index (χ0v) is 13.3. The van der Waals surface area contributed by atoms with E-state index in [2.05, 4.69) is 0 Å². The molecule has 0 saturated heterocycles. The monoisotopic (exact) mass is 314 g/mol. The van der Waals surface area contributed by atoms with Crippen LogP contribution in [0.25, 0.3) is 0 Å². The molecule has 0 spiro atoms. The van der Waals surface area contributed by atoms with Crippen LogP contribution >= 0.6 is 0 Å². The highest BCUT2D eigenvalue weighted by Gasteiger charge is 2.30. The van der Waals surface area contributed by atoms with Gasteiger partial charge in [0.25, 0.3) is 0 Å². The quantitative estimate of drug-likeness (QED) is 0.641. The molecule has 0 saturated carbocycles. The average Bonchev–Trinajstić information content (AvgIpc) is 2.59. The molecule has 1 heterocycles. The Bertz CT molecular complexity index is 738. The summed E-state index contributed by atoms with van der Waals surface area (Å²) in [6.45, 7) is 0. The van der Waals surface area contributed by atoms with Gasteiger partial charge in [0.15, 0.2) is 0 Å². The van der Waals surface area contributed by atoms with Crippen molar-refractivity contribution in [1.82, 2.24) is 0 Å². The van der Waals surface area contributed by atoms with E-state index in [1.54, 1.807) is 27.4 Å².